The molecule has 0 radical (unpaired) electrons. The fourth-order valence-corrected chi connectivity index (χ4v) is 2.92. The molecule has 5 nitrogen and oxygen atoms in total. The van der Waals surface area contributed by atoms with Gasteiger partial charge in [0.15, 0.2) is 0 Å². The van der Waals surface area contributed by atoms with E-state index in [0.29, 0.717) is 12.1 Å². The van der Waals surface area contributed by atoms with Crippen molar-refractivity contribution in [2.24, 2.45) is 0 Å². The molecular formula is C14H27N5. The molecule has 5 heteroatoms. The molecule has 1 aliphatic heterocycles. The molecule has 1 aromatic rings. The van der Waals surface area contributed by atoms with E-state index in [-0.39, 0.29) is 0 Å². The number of piperazine rings is 1. The summed E-state index contributed by atoms with van der Waals surface area (Å²) in [6.07, 6.45) is 3.03. The van der Waals surface area contributed by atoms with Crippen molar-refractivity contribution in [2.75, 3.05) is 40.8 Å². The molecule has 0 spiro atoms. The van der Waals surface area contributed by atoms with Gasteiger partial charge in [0.2, 0.25) is 0 Å². The molecule has 0 saturated carbocycles. The lowest BCUT2D eigenvalue weighted by atomic mass is 10.0. The Morgan fingerprint density at radius 3 is 2.89 bits per heavy atom. The summed E-state index contributed by atoms with van der Waals surface area (Å²) in [5.41, 5.74) is 1.30. The molecule has 1 saturated heterocycles. The fraction of sp³-hybridized carbons (Fsp3) is 0.786. The highest BCUT2D eigenvalue weighted by molar-refractivity contribution is 5.08. The van der Waals surface area contributed by atoms with E-state index in [1.165, 1.54) is 12.2 Å². The highest BCUT2D eigenvalue weighted by Crippen LogP contribution is 2.22. The standard InChI is InChI=1S/C14H27N5/c1-5-19-14(6-7-16-19)13(15-2)10-12-11-17(3)8-9-18(12)4/h6-7,12-13,15H,5,8-11H2,1-4H3. The van der Waals surface area contributed by atoms with Gasteiger partial charge < -0.3 is 15.1 Å². The molecule has 0 aromatic carbocycles. The maximum absolute atomic E-state index is 4.38. The lowest BCUT2D eigenvalue weighted by Crippen LogP contribution is -2.51. The number of aromatic nitrogens is 2. The van der Waals surface area contributed by atoms with E-state index in [1.807, 2.05) is 13.2 Å². The van der Waals surface area contributed by atoms with Gasteiger partial charge in [0.1, 0.15) is 0 Å². The second kappa shape index (κ2) is 6.50. The Balaban J connectivity index is 2.06. The van der Waals surface area contributed by atoms with Crippen LogP contribution in [0.25, 0.3) is 0 Å². The van der Waals surface area contributed by atoms with Crippen LogP contribution in [0, 0.1) is 0 Å². The van der Waals surface area contributed by atoms with Crippen LogP contribution in [0.5, 0.6) is 0 Å². The molecule has 1 N–H and O–H groups in total. The fourth-order valence-electron chi connectivity index (χ4n) is 2.92. The molecule has 0 bridgehead atoms. The van der Waals surface area contributed by atoms with Crippen LogP contribution in [-0.2, 0) is 6.54 Å². The number of nitrogens with one attached hydrogen (secondary N) is 1. The third-order valence-electron chi connectivity index (χ3n) is 4.24. The van der Waals surface area contributed by atoms with Crippen LogP contribution in [0.4, 0.5) is 0 Å². The second-order valence-electron chi connectivity index (χ2n) is 5.55. The summed E-state index contributed by atoms with van der Waals surface area (Å²) in [6, 6.07) is 3.12. The minimum atomic E-state index is 0.376. The van der Waals surface area contributed by atoms with Crippen molar-refractivity contribution >= 4 is 0 Å². The quantitative estimate of drug-likeness (QED) is 0.854. The van der Waals surface area contributed by atoms with Gasteiger partial charge in [-0.1, -0.05) is 0 Å². The van der Waals surface area contributed by atoms with E-state index in [2.05, 4.69) is 52.0 Å². The van der Waals surface area contributed by atoms with Crippen molar-refractivity contribution in [1.82, 2.24) is 24.9 Å². The average Bonchev–Trinajstić information content (AvgIpc) is 2.88. The largest absolute Gasteiger partial charge is 0.312 e. The second-order valence-corrected chi connectivity index (χ2v) is 5.55. The van der Waals surface area contributed by atoms with Crippen molar-refractivity contribution in [2.45, 2.75) is 32.0 Å². The van der Waals surface area contributed by atoms with Gasteiger partial charge in [-0.2, -0.15) is 5.10 Å². The first-order chi connectivity index (χ1) is 9.15. The van der Waals surface area contributed by atoms with Crippen molar-refractivity contribution in [3.63, 3.8) is 0 Å². The molecule has 0 aliphatic carbocycles. The van der Waals surface area contributed by atoms with Crippen LogP contribution >= 0.6 is 0 Å². The van der Waals surface area contributed by atoms with Crippen LogP contribution in [-0.4, -0.2) is 66.4 Å². The highest BCUT2D eigenvalue weighted by Gasteiger charge is 2.26. The minimum Gasteiger partial charge on any atom is -0.312 e. The van der Waals surface area contributed by atoms with Gasteiger partial charge in [0, 0.05) is 38.4 Å². The Labute approximate surface area is 116 Å². The molecule has 1 fully saturated rings. The zero-order chi connectivity index (χ0) is 13.8. The number of hydrogen-bond acceptors (Lipinski definition) is 4. The smallest absolute Gasteiger partial charge is 0.0553 e. The third kappa shape index (κ3) is 3.35. The molecular weight excluding hydrogens is 238 g/mol. The molecule has 2 heterocycles. The van der Waals surface area contributed by atoms with Crippen molar-refractivity contribution in [1.29, 1.82) is 0 Å². The topological polar surface area (TPSA) is 36.3 Å². The van der Waals surface area contributed by atoms with E-state index in [0.717, 1.165) is 26.1 Å². The SMILES string of the molecule is CCn1nccc1C(CC1CN(C)CCN1C)NC. The Hall–Kier alpha value is -0.910. The summed E-state index contributed by atoms with van der Waals surface area (Å²) in [4.78, 5) is 4.91. The maximum atomic E-state index is 4.38. The van der Waals surface area contributed by atoms with Gasteiger partial charge in [-0.15, -0.1) is 0 Å². The lowest BCUT2D eigenvalue weighted by molar-refractivity contribution is 0.101. The number of hydrogen-bond donors (Lipinski definition) is 1. The predicted molar refractivity (Wildman–Crippen MR) is 78.2 cm³/mol. The van der Waals surface area contributed by atoms with Gasteiger partial charge in [0.25, 0.3) is 0 Å². The van der Waals surface area contributed by atoms with E-state index in [1.54, 1.807) is 0 Å². The van der Waals surface area contributed by atoms with Crippen molar-refractivity contribution in [3.8, 4) is 0 Å². The Morgan fingerprint density at radius 2 is 2.21 bits per heavy atom. The van der Waals surface area contributed by atoms with Gasteiger partial charge in [-0.3, -0.25) is 4.68 Å². The first-order valence-corrected chi connectivity index (χ1v) is 7.23. The Kier molecular flexibility index (Phi) is 4.96. The Morgan fingerprint density at radius 1 is 1.42 bits per heavy atom. The molecule has 1 aliphatic rings. The molecule has 2 unspecified atom stereocenters. The van der Waals surface area contributed by atoms with Gasteiger partial charge in [0.05, 0.1) is 11.7 Å². The van der Waals surface area contributed by atoms with Crippen LogP contribution in [0.2, 0.25) is 0 Å². The first-order valence-electron chi connectivity index (χ1n) is 7.23. The predicted octanol–water partition coefficient (Wildman–Crippen LogP) is 0.799. The Bertz CT molecular complexity index is 389. The number of aryl methyl sites for hydroxylation is 1. The van der Waals surface area contributed by atoms with Crippen molar-refractivity contribution < 1.29 is 0 Å². The summed E-state index contributed by atoms with van der Waals surface area (Å²) < 4.78 is 2.09. The number of likely N-dealkylation sites (N-methyl/N-ethyl adjacent to an activating group) is 2. The maximum Gasteiger partial charge on any atom is 0.0553 e. The molecule has 2 rings (SSSR count). The summed E-state index contributed by atoms with van der Waals surface area (Å²) in [6.45, 7) is 6.55. The van der Waals surface area contributed by atoms with E-state index < -0.39 is 0 Å². The third-order valence-corrected chi connectivity index (χ3v) is 4.24. The lowest BCUT2D eigenvalue weighted by Gasteiger charge is -2.39. The van der Waals surface area contributed by atoms with Crippen LogP contribution in [0.15, 0.2) is 12.3 Å². The van der Waals surface area contributed by atoms with E-state index >= 15 is 0 Å². The molecule has 2 atom stereocenters. The van der Waals surface area contributed by atoms with Crippen molar-refractivity contribution in [3.05, 3.63) is 18.0 Å². The minimum absolute atomic E-state index is 0.376. The van der Waals surface area contributed by atoms with Gasteiger partial charge >= 0.3 is 0 Å². The summed E-state index contributed by atoms with van der Waals surface area (Å²) in [5.74, 6) is 0. The van der Waals surface area contributed by atoms with Crippen LogP contribution in [0.1, 0.15) is 25.1 Å². The van der Waals surface area contributed by atoms with Gasteiger partial charge in [-0.05, 0) is 40.6 Å². The van der Waals surface area contributed by atoms with Crippen LogP contribution in [0.3, 0.4) is 0 Å². The van der Waals surface area contributed by atoms with E-state index in [9.17, 15) is 0 Å². The monoisotopic (exact) mass is 265 g/mol. The summed E-state index contributed by atoms with van der Waals surface area (Å²) in [5, 5.41) is 7.84. The van der Waals surface area contributed by atoms with Gasteiger partial charge in [-0.25, -0.2) is 0 Å². The molecule has 1 aromatic heterocycles. The number of nitrogens with zero attached hydrogens (tertiary/aromatic N) is 4. The highest BCUT2D eigenvalue weighted by atomic mass is 15.3. The average molecular weight is 265 g/mol. The van der Waals surface area contributed by atoms with Crippen LogP contribution < -0.4 is 5.32 Å². The normalized spacial score (nSPS) is 23.7. The zero-order valence-corrected chi connectivity index (χ0v) is 12.6. The zero-order valence-electron chi connectivity index (χ0n) is 12.6. The summed E-state index contributed by atoms with van der Waals surface area (Å²) in [7, 11) is 6.50. The first kappa shape index (κ1) is 14.5. The van der Waals surface area contributed by atoms with E-state index in [4.69, 9.17) is 0 Å². The molecule has 108 valence electrons. The summed E-state index contributed by atoms with van der Waals surface area (Å²) >= 11 is 0. The molecule has 0 amide bonds. The molecule has 19 heavy (non-hydrogen) atoms. The number of rotatable bonds is 5.